The molecular formula is C11H18N4. The molecule has 1 aromatic rings. The van der Waals surface area contributed by atoms with E-state index in [4.69, 9.17) is 5.73 Å². The van der Waals surface area contributed by atoms with E-state index < -0.39 is 0 Å². The topological polar surface area (TPSA) is 54.2 Å². The Bertz CT molecular complexity index is 350. The molecule has 0 aliphatic carbocycles. The van der Waals surface area contributed by atoms with Gasteiger partial charge >= 0.3 is 0 Å². The van der Waals surface area contributed by atoms with E-state index in [1.54, 1.807) is 0 Å². The van der Waals surface area contributed by atoms with Gasteiger partial charge in [0.25, 0.3) is 0 Å². The summed E-state index contributed by atoms with van der Waals surface area (Å²) < 4.78 is 0. The number of nitrogens with one attached hydrogen (secondary N) is 1. The maximum atomic E-state index is 5.75. The summed E-state index contributed by atoms with van der Waals surface area (Å²) in [7, 11) is 0. The number of aryl methyl sites for hydroxylation is 1. The smallest absolute Gasteiger partial charge is 0.129 e. The minimum absolute atomic E-state index is 0.526. The third-order valence-electron chi connectivity index (χ3n) is 2.80. The highest BCUT2D eigenvalue weighted by atomic mass is 15.2. The molecule has 4 nitrogen and oxygen atoms in total. The molecule has 0 amide bonds. The van der Waals surface area contributed by atoms with E-state index in [-0.39, 0.29) is 0 Å². The van der Waals surface area contributed by atoms with Gasteiger partial charge in [-0.2, -0.15) is 0 Å². The second kappa shape index (κ2) is 4.06. The minimum atomic E-state index is 0.526. The summed E-state index contributed by atoms with van der Waals surface area (Å²) in [6, 6.07) is 4.46. The number of anilines is 2. The summed E-state index contributed by atoms with van der Waals surface area (Å²) in [5, 5.41) is 3.41. The third kappa shape index (κ3) is 2.21. The molecule has 0 radical (unpaired) electrons. The molecule has 1 aliphatic rings. The lowest BCUT2D eigenvalue weighted by atomic mass is 10.2. The molecule has 0 spiro atoms. The first kappa shape index (κ1) is 10.2. The van der Waals surface area contributed by atoms with Crippen LogP contribution in [0.1, 0.15) is 12.6 Å². The van der Waals surface area contributed by atoms with Crippen LogP contribution in [0.25, 0.3) is 0 Å². The number of hydrogen-bond donors (Lipinski definition) is 2. The molecule has 4 heteroatoms. The predicted molar refractivity (Wildman–Crippen MR) is 63.1 cm³/mol. The van der Waals surface area contributed by atoms with Gasteiger partial charge < -0.3 is 16.0 Å². The van der Waals surface area contributed by atoms with Crippen LogP contribution in [-0.2, 0) is 0 Å². The molecule has 1 fully saturated rings. The monoisotopic (exact) mass is 206 g/mol. The summed E-state index contributed by atoms with van der Waals surface area (Å²) in [5.41, 5.74) is 7.43. The fourth-order valence-corrected chi connectivity index (χ4v) is 1.88. The number of nitrogens with two attached hydrogens (primary N) is 1. The van der Waals surface area contributed by atoms with Crippen molar-refractivity contribution in [2.24, 2.45) is 0 Å². The standard InChI is InChI=1S/C11H18N4/c1-8-7-15(6-5-13-8)11-4-3-10(12)9(2)14-11/h3-4,8,13H,5-7,12H2,1-2H3. The molecule has 2 heterocycles. The minimum Gasteiger partial charge on any atom is -0.397 e. The van der Waals surface area contributed by atoms with Gasteiger partial charge in [0.2, 0.25) is 0 Å². The van der Waals surface area contributed by atoms with Gasteiger partial charge in [-0.3, -0.25) is 0 Å². The van der Waals surface area contributed by atoms with Crippen LogP contribution in [0.5, 0.6) is 0 Å². The summed E-state index contributed by atoms with van der Waals surface area (Å²) in [6.07, 6.45) is 0. The van der Waals surface area contributed by atoms with Crippen molar-refractivity contribution < 1.29 is 0 Å². The SMILES string of the molecule is Cc1nc(N2CCNC(C)C2)ccc1N. The van der Waals surface area contributed by atoms with Gasteiger partial charge in [-0.25, -0.2) is 4.98 Å². The van der Waals surface area contributed by atoms with Gasteiger partial charge in [0.05, 0.1) is 11.4 Å². The highest BCUT2D eigenvalue weighted by Gasteiger charge is 2.16. The Kier molecular flexibility index (Phi) is 2.77. The highest BCUT2D eigenvalue weighted by molar-refractivity contribution is 5.50. The number of hydrogen-bond acceptors (Lipinski definition) is 4. The summed E-state index contributed by atoms with van der Waals surface area (Å²) >= 11 is 0. The van der Waals surface area contributed by atoms with E-state index in [1.165, 1.54) is 0 Å². The van der Waals surface area contributed by atoms with Gasteiger partial charge in [-0.05, 0) is 26.0 Å². The van der Waals surface area contributed by atoms with Crippen LogP contribution >= 0.6 is 0 Å². The Balaban J connectivity index is 2.18. The number of nitrogens with zero attached hydrogens (tertiary/aromatic N) is 2. The van der Waals surface area contributed by atoms with Crippen LogP contribution in [0.2, 0.25) is 0 Å². The van der Waals surface area contributed by atoms with Crippen LogP contribution in [0.15, 0.2) is 12.1 Å². The zero-order valence-corrected chi connectivity index (χ0v) is 9.33. The maximum absolute atomic E-state index is 5.75. The average Bonchev–Trinajstić information content (AvgIpc) is 2.22. The van der Waals surface area contributed by atoms with Crippen molar-refractivity contribution in [3.63, 3.8) is 0 Å². The first-order chi connectivity index (χ1) is 7.16. The molecule has 15 heavy (non-hydrogen) atoms. The second-order valence-corrected chi connectivity index (χ2v) is 4.15. The van der Waals surface area contributed by atoms with Crippen molar-refractivity contribution >= 4 is 11.5 Å². The Hall–Kier alpha value is -1.29. The summed E-state index contributed by atoms with van der Waals surface area (Å²) in [6.45, 7) is 7.18. The molecule has 2 rings (SSSR count). The number of piperazine rings is 1. The van der Waals surface area contributed by atoms with Crippen molar-refractivity contribution in [3.8, 4) is 0 Å². The lowest BCUT2D eigenvalue weighted by Gasteiger charge is -2.32. The Morgan fingerprint density at radius 3 is 3.00 bits per heavy atom. The molecule has 1 aliphatic heterocycles. The average molecular weight is 206 g/mol. The van der Waals surface area contributed by atoms with Crippen LogP contribution in [-0.4, -0.2) is 30.7 Å². The number of nitrogen functional groups attached to an aromatic ring is 1. The highest BCUT2D eigenvalue weighted by Crippen LogP contribution is 2.17. The van der Waals surface area contributed by atoms with Gasteiger partial charge in [-0.1, -0.05) is 0 Å². The normalized spacial score (nSPS) is 21.7. The van der Waals surface area contributed by atoms with E-state index in [0.717, 1.165) is 36.8 Å². The molecule has 0 saturated carbocycles. The number of pyridine rings is 1. The van der Waals surface area contributed by atoms with Crippen molar-refractivity contribution in [2.75, 3.05) is 30.3 Å². The van der Waals surface area contributed by atoms with Gasteiger partial charge in [0, 0.05) is 25.7 Å². The summed E-state index contributed by atoms with van der Waals surface area (Å²) in [4.78, 5) is 6.80. The van der Waals surface area contributed by atoms with Crippen LogP contribution in [0, 0.1) is 6.92 Å². The van der Waals surface area contributed by atoms with E-state index in [0.29, 0.717) is 6.04 Å². The molecule has 82 valence electrons. The van der Waals surface area contributed by atoms with E-state index in [1.807, 2.05) is 19.1 Å². The fraction of sp³-hybridized carbons (Fsp3) is 0.545. The van der Waals surface area contributed by atoms with Crippen LogP contribution in [0.3, 0.4) is 0 Å². The predicted octanol–water partition coefficient (Wildman–Crippen LogP) is 0.770. The van der Waals surface area contributed by atoms with Crippen molar-refractivity contribution in [1.29, 1.82) is 0 Å². The first-order valence-corrected chi connectivity index (χ1v) is 5.38. The molecular weight excluding hydrogens is 188 g/mol. The zero-order valence-electron chi connectivity index (χ0n) is 9.33. The Morgan fingerprint density at radius 1 is 1.53 bits per heavy atom. The molecule has 1 saturated heterocycles. The molecule has 1 aromatic heterocycles. The molecule has 1 unspecified atom stereocenters. The lowest BCUT2D eigenvalue weighted by molar-refractivity contribution is 0.482. The molecule has 0 bridgehead atoms. The maximum Gasteiger partial charge on any atom is 0.129 e. The van der Waals surface area contributed by atoms with Crippen LogP contribution < -0.4 is 16.0 Å². The van der Waals surface area contributed by atoms with Crippen molar-refractivity contribution in [3.05, 3.63) is 17.8 Å². The fourth-order valence-electron chi connectivity index (χ4n) is 1.88. The van der Waals surface area contributed by atoms with Gasteiger partial charge in [0.1, 0.15) is 5.82 Å². The number of aromatic nitrogens is 1. The number of rotatable bonds is 1. The first-order valence-electron chi connectivity index (χ1n) is 5.38. The summed E-state index contributed by atoms with van der Waals surface area (Å²) in [5.74, 6) is 1.04. The van der Waals surface area contributed by atoms with Crippen molar-refractivity contribution in [1.82, 2.24) is 10.3 Å². The third-order valence-corrected chi connectivity index (χ3v) is 2.80. The molecule has 1 atom stereocenters. The molecule has 0 aromatic carbocycles. The largest absolute Gasteiger partial charge is 0.397 e. The Morgan fingerprint density at radius 2 is 2.33 bits per heavy atom. The van der Waals surface area contributed by atoms with Gasteiger partial charge in [-0.15, -0.1) is 0 Å². The van der Waals surface area contributed by atoms with Gasteiger partial charge in [0.15, 0.2) is 0 Å². The second-order valence-electron chi connectivity index (χ2n) is 4.15. The van der Waals surface area contributed by atoms with E-state index in [2.05, 4.69) is 22.1 Å². The van der Waals surface area contributed by atoms with E-state index >= 15 is 0 Å². The van der Waals surface area contributed by atoms with Crippen LogP contribution in [0.4, 0.5) is 11.5 Å². The van der Waals surface area contributed by atoms with E-state index in [9.17, 15) is 0 Å². The lowest BCUT2D eigenvalue weighted by Crippen LogP contribution is -2.49. The quantitative estimate of drug-likeness (QED) is 0.712. The van der Waals surface area contributed by atoms with Crippen molar-refractivity contribution in [2.45, 2.75) is 19.9 Å². The Labute approximate surface area is 90.5 Å². The molecule has 3 N–H and O–H groups in total. The zero-order chi connectivity index (χ0) is 10.8.